The van der Waals surface area contributed by atoms with Crippen molar-refractivity contribution in [1.82, 2.24) is 10.3 Å². The number of methoxy groups -OCH3 is 1. The molecule has 15 heavy (non-hydrogen) atoms. The van der Waals surface area contributed by atoms with Gasteiger partial charge in [-0.2, -0.15) is 0 Å². The van der Waals surface area contributed by atoms with Gasteiger partial charge >= 0.3 is 0 Å². The number of nitrogens with zero attached hydrogens (tertiary/aromatic N) is 1. The van der Waals surface area contributed by atoms with Gasteiger partial charge in [0.05, 0.1) is 12.6 Å². The third-order valence-corrected chi connectivity index (χ3v) is 2.35. The fourth-order valence-electron chi connectivity index (χ4n) is 1.66. The van der Waals surface area contributed by atoms with E-state index in [0.717, 1.165) is 12.1 Å². The molecule has 0 fully saturated rings. The summed E-state index contributed by atoms with van der Waals surface area (Å²) in [6.45, 7) is 0.819. The van der Waals surface area contributed by atoms with E-state index in [4.69, 9.17) is 4.74 Å². The molecule has 2 rings (SSSR count). The first-order valence-electron chi connectivity index (χ1n) is 4.92. The van der Waals surface area contributed by atoms with Gasteiger partial charge in [0.15, 0.2) is 0 Å². The number of benzene rings is 1. The number of pyridine rings is 1. The van der Waals surface area contributed by atoms with Gasteiger partial charge in [0.2, 0.25) is 5.88 Å². The van der Waals surface area contributed by atoms with Crippen molar-refractivity contribution in [2.45, 2.75) is 6.54 Å². The minimum atomic E-state index is 0.666. The highest BCUT2D eigenvalue weighted by molar-refractivity contribution is 5.82. The molecule has 0 bridgehead atoms. The number of hydrogen-bond acceptors (Lipinski definition) is 3. The molecule has 0 amide bonds. The van der Waals surface area contributed by atoms with E-state index < -0.39 is 0 Å². The lowest BCUT2D eigenvalue weighted by Gasteiger charge is -2.07. The molecule has 0 aliphatic carbocycles. The number of nitrogens with one attached hydrogen (secondary N) is 1. The Morgan fingerprint density at radius 1 is 1.33 bits per heavy atom. The van der Waals surface area contributed by atoms with E-state index in [1.807, 2.05) is 31.3 Å². The number of fused-ring (bicyclic) bond motifs is 1. The van der Waals surface area contributed by atoms with Crippen LogP contribution in [0.1, 0.15) is 5.56 Å². The van der Waals surface area contributed by atoms with Gasteiger partial charge in [-0.25, -0.2) is 4.98 Å². The highest BCUT2D eigenvalue weighted by atomic mass is 16.5. The van der Waals surface area contributed by atoms with Crippen molar-refractivity contribution in [3.8, 4) is 5.88 Å². The summed E-state index contributed by atoms with van der Waals surface area (Å²) in [5.74, 6) is 0.666. The largest absolute Gasteiger partial charge is 0.481 e. The van der Waals surface area contributed by atoms with Crippen LogP contribution in [0.5, 0.6) is 5.88 Å². The lowest BCUT2D eigenvalue weighted by atomic mass is 10.1. The number of ether oxygens (including phenoxy) is 1. The summed E-state index contributed by atoms with van der Waals surface area (Å²) in [4.78, 5) is 4.39. The number of rotatable bonds is 3. The van der Waals surface area contributed by atoms with E-state index in [9.17, 15) is 0 Å². The lowest BCUT2D eigenvalue weighted by molar-refractivity contribution is 0.399. The molecule has 0 atom stereocenters. The SMILES string of the molecule is CNCc1cc(OC)nc2ccccc12. The zero-order valence-corrected chi connectivity index (χ0v) is 8.95. The van der Waals surface area contributed by atoms with Crippen LogP contribution >= 0.6 is 0 Å². The molecule has 0 saturated carbocycles. The van der Waals surface area contributed by atoms with E-state index in [-0.39, 0.29) is 0 Å². The molecule has 3 nitrogen and oxygen atoms in total. The Morgan fingerprint density at radius 3 is 2.87 bits per heavy atom. The number of para-hydroxylation sites is 1. The van der Waals surface area contributed by atoms with Gasteiger partial charge in [0.1, 0.15) is 0 Å². The molecule has 78 valence electrons. The molecule has 0 aliphatic rings. The van der Waals surface area contributed by atoms with E-state index >= 15 is 0 Å². The number of aromatic nitrogens is 1. The summed E-state index contributed by atoms with van der Waals surface area (Å²) >= 11 is 0. The second-order valence-electron chi connectivity index (χ2n) is 3.37. The van der Waals surface area contributed by atoms with E-state index in [1.165, 1.54) is 10.9 Å². The third-order valence-electron chi connectivity index (χ3n) is 2.35. The van der Waals surface area contributed by atoms with Crippen LogP contribution in [0.4, 0.5) is 0 Å². The quantitative estimate of drug-likeness (QED) is 0.826. The summed E-state index contributed by atoms with van der Waals surface area (Å²) in [6.07, 6.45) is 0. The molecule has 1 N–H and O–H groups in total. The second kappa shape index (κ2) is 4.28. The molecule has 2 aromatic rings. The summed E-state index contributed by atoms with van der Waals surface area (Å²) in [5, 5.41) is 4.32. The van der Waals surface area contributed by atoms with Crippen LogP contribution in [-0.2, 0) is 6.54 Å². The molecule has 0 spiro atoms. The Hall–Kier alpha value is -1.61. The Morgan fingerprint density at radius 2 is 2.13 bits per heavy atom. The van der Waals surface area contributed by atoms with Crippen molar-refractivity contribution in [3.05, 3.63) is 35.9 Å². The monoisotopic (exact) mass is 202 g/mol. The van der Waals surface area contributed by atoms with Crippen LogP contribution in [0.15, 0.2) is 30.3 Å². The molecular formula is C12H14N2O. The average Bonchev–Trinajstić information content (AvgIpc) is 2.29. The molecule has 1 aromatic carbocycles. The molecule has 0 saturated heterocycles. The van der Waals surface area contributed by atoms with Crippen molar-refractivity contribution in [2.24, 2.45) is 0 Å². The molecule has 0 radical (unpaired) electrons. The molecule has 0 unspecified atom stereocenters. The smallest absolute Gasteiger partial charge is 0.213 e. The highest BCUT2D eigenvalue weighted by Crippen LogP contribution is 2.21. The van der Waals surface area contributed by atoms with Gasteiger partial charge < -0.3 is 10.1 Å². The fourth-order valence-corrected chi connectivity index (χ4v) is 1.66. The first-order valence-corrected chi connectivity index (χ1v) is 4.92. The van der Waals surface area contributed by atoms with Crippen molar-refractivity contribution in [3.63, 3.8) is 0 Å². The molecule has 3 heteroatoms. The van der Waals surface area contributed by atoms with Gasteiger partial charge in [0, 0.05) is 18.0 Å². The Labute approximate surface area is 89.1 Å². The van der Waals surface area contributed by atoms with Gasteiger partial charge in [-0.1, -0.05) is 18.2 Å². The van der Waals surface area contributed by atoms with Crippen LogP contribution in [0, 0.1) is 0 Å². The molecule has 1 aromatic heterocycles. The van der Waals surface area contributed by atoms with Gasteiger partial charge in [-0.15, -0.1) is 0 Å². The van der Waals surface area contributed by atoms with Crippen molar-refractivity contribution < 1.29 is 4.74 Å². The average molecular weight is 202 g/mol. The van der Waals surface area contributed by atoms with Crippen LogP contribution in [-0.4, -0.2) is 19.1 Å². The van der Waals surface area contributed by atoms with Crippen molar-refractivity contribution in [1.29, 1.82) is 0 Å². The topological polar surface area (TPSA) is 34.1 Å². The maximum atomic E-state index is 5.17. The fraction of sp³-hybridized carbons (Fsp3) is 0.250. The first-order chi connectivity index (χ1) is 7.35. The van der Waals surface area contributed by atoms with E-state index in [2.05, 4.69) is 16.4 Å². The zero-order valence-electron chi connectivity index (χ0n) is 8.95. The van der Waals surface area contributed by atoms with Crippen LogP contribution in [0.25, 0.3) is 10.9 Å². The van der Waals surface area contributed by atoms with Crippen LogP contribution in [0.2, 0.25) is 0 Å². The first kappa shape index (κ1) is 9.93. The highest BCUT2D eigenvalue weighted by Gasteiger charge is 2.04. The Balaban J connectivity index is 2.63. The van der Waals surface area contributed by atoms with Crippen LogP contribution < -0.4 is 10.1 Å². The number of hydrogen-bond donors (Lipinski definition) is 1. The van der Waals surface area contributed by atoms with Gasteiger partial charge in [0.25, 0.3) is 0 Å². The Bertz CT molecular complexity index is 468. The second-order valence-corrected chi connectivity index (χ2v) is 3.37. The van der Waals surface area contributed by atoms with E-state index in [1.54, 1.807) is 7.11 Å². The predicted octanol–water partition coefficient (Wildman–Crippen LogP) is 1.96. The molecule has 1 heterocycles. The normalized spacial score (nSPS) is 10.5. The van der Waals surface area contributed by atoms with E-state index in [0.29, 0.717) is 5.88 Å². The lowest BCUT2D eigenvalue weighted by Crippen LogP contribution is -2.06. The third kappa shape index (κ3) is 1.92. The molecular weight excluding hydrogens is 188 g/mol. The summed E-state index contributed by atoms with van der Waals surface area (Å²) in [6, 6.07) is 10.1. The van der Waals surface area contributed by atoms with Crippen molar-refractivity contribution >= 4 is 10.9 Å². The maximum Gasteiger partial charge on any atom is 0.213 e. The van der Waals surface area contributed by atoms with Gasteiger partial charge in [-0.3, -0.25) is 0 Å². The summed E-state index contributed by atoms with van der Waals surface area (Å²) in [5.41, 5.74) is 2.18. The standard InChI is InChI=1S/C12H14N2O/c1-13-8-9-7-12(15-2)14-11-6-4-3-5-10(9)11/h3-7,13H,8H2,1-2H3. The van der Waals surface area contributed by atoms with Crippen molar-refractivity contribution in [2.75, 3.05) is 14.2 Å². The zero-order chi connectivity index (χ0) is 10.7. The Kier molecular flexibility index (Phi) is 2.83. The predicted molar refractivity (Wildman–Crippen MR) is 61.1 cm³/mol. The summed E-state index contributed by atoms with van der Waals surface area (Å²) < 4.78 is 5.17. The minimum absolute atomic E-state index is 0.666. The maximum absolute atomic E-state index is 5.17. The van der Waals surface area contributed by atoms with Gasteiger partial charge in [-0.05, 0) is 18.7 Å². The summed E-state index contributed by atoms with van der Waals surface area (Å²) in [7, 11) is 3.57. The minimum Gasteiger partial charge on any atom is -0.481 e. The van der Waals surface area contributed by atoms with Crippen LogP contribution in [0.3, 0.4) is 0 Å². The molecule has 0 aliphatic heterocycles.